The first-order valence-corrected chi connectivity index (χ1v) is 6.39. The maximum absolute atomic E-state index is 8.58. The first-order chi connectivity index (χ1) is 8.13. The van der Waals surface area contributed by atoms with Gasteiger partial charge >= 0.3 is 0 Å². The number of rotatable bonds is 5. The van der Waals surface area contributed by atoms with Crippen LogP contribution in [0.4, 0.5) is 5.69 Å². The standard InChI is InChI=1S/C12H16BrN3O/c13-9-2-1-3-10(6-9)15-8-12(4-5-12)7-11(14)16-17/h1-3,6,15,17H,4-5,7-8H2,(H2,14,16). The molecule has 0 aliphatic heterocycles. The van der Waals surface area contributed by atoms with Crippen LogP contribution in [0.25, 0.3) is 0 Å². The number of nitrogens with two attached hydrogens (primary N) is 1. The van der Waals surface area contributed by atoms with Crippen LogP contribution in [-0.4, -0.2) is 17.6 Å². The van der Waals surface area contributed by atoms with E-state index in [1.807, 2.05) is 24.3 Å². The van der Waals surface area contributed by atoms with Gasteiger partial charge in [0, 0.05) is 23.1 Å². The lowest BCUT2D eigenvalue weighted by atomic mass is 10.0. The predicted octanol–water partition coefficient (Wildman–Crippen LogP) is 2.78. The summed E-state index contributed by atoms with van der Waals surface area (Å²) in [6, 6.07) is 8.06. The Bertz CT molecular complexity index is 430. The van der Waals surface area contributed by atoms with Crippen LogP contribution in [0, 0.1) is 5.41 Å². The molecule has 0 bridgehead atoms. The Morgan fingerprint density at radius 3 is 2.88 bits per heavy atom. The van der Waals surface area contributed by atoms with Gasteiger partial charge in [-0.15, -0.1) is 0 Å². The van der Waals surface area contributed by atoms with Crippen molar-refractivity contribution >= 4 is 27.5 Å². The highest BCUT2D eigenvalue weighted by Crippen LogP contribution is 2.48. The van der Waals surface area contributed by atoms with Gasteiger partial charge in [0.2, 0.25) is 0 Å². The molecule has 0 radical (unpaired) electrons. The van der Waals surface area contributed by atoms with Crippen LogP contribution in [-0.2, 0) is 0 Å². The van der Waals surface area contributed by atoms with Crippen LogP contribution in [0.1, 0.15) is 19.3 Å². The number of benzene rings is 1. The largest absolute Gasteiger partial charge is 0.409 e. The number of anilines is 1. The van der Waals surface area contributed by atoms with Gasteiger partial charge in [-0.2, -0.15) is 0 Å². The second-order valence-electron chi connectivity index (χ2n) is 4.63. The average molecular weight is 298 g/mol. The molecule has 1 aliphatic carbocycles. The van der Waals surface area contributed by atoms with Gasteiger partial charge in [0.15, 0.2) is 0 Å². The SMILES string of the molecule is NC(CC1(CNc2cccc(Br)c2)CC1)=NO. The molecule has 92 valence electrons. The molecule has 0 amide bonds. The maximum atomic E-state index is 8.58. The van der Waals surface area contributed by atoms with E-state index in [0.29, 0.717) is 12.3 Å². The van der Waals surface area contributed by atoms with Gasteiger partial charge in [-0.25, -0.2) is 0 Å². The molecule has 0 spiro atoms. The molecule has 1 aromatic carbocycles. The third-order valence-electron chi connectivity index (χ3n) is 3.13. The molecular formula is C12H16BrN3O. The van der Waals surface area contributed by atoms with E-state index in [4.69, 9.17) is 10.9 Å². The zero-order chi connectivity index (χ0) is 12.3. The topological polar surface area (TPSA) is 70.6 Å². The molecule has 1 aliphatic rings. The second kappa shape index (κ2) is 4.96. The van der Waals surface area contributed by atoms with Gasteiger partial charge in [0.25, 0.3) is 0 Å². The van der Waals surface area contributed by atoms with E-state index >= 15 is 0 Å². The highest BCUT2D eigenvalue weighted by Gasteiger charge is 2.43. The Morgan fingerprint density at radius 2 is 2.29 bits per heavy atom. The van der Waals surface area contributed by atoms with E-state index < -0.39 is 0 Å². The highest BCUT2D eigenvalue weighted by molar-refractivity contribution is 9.10. The number of amidine groups is 1. The third-order valence-corrected chi connectivity index (χ3v) is 3.63. The Kier molecular flexibility index (Phi) is 3.57. The molecule has 1 fully saturated rings. The fourth-order valence-corrected chi connectivity index (χ4v) is 2.30. The summed E-state index contributed by atoms with van der Waals surface area (Å²) < 4.78 is 1.06. The van der Waals surface area contributed by atoms with Crippen molar-refractivity contribution in [3.8, 4) is 0 Å². The van der Waals surface area contributed by atoms with E-state index in [1.54, 1.807) is 0 Å². The van der Waals surface area contributed by atoms with Crippen molar-refractivity contribution in [3.05, 3.63) is 28.7 Å². The van der Waals surface area contributed by atoms with Crippen molar-refractivity contribution in [2.24, 2.45) is 16.3 Å². The summed E-state index contributed by atoms with van der Waals surface area (Å²) >= 11 is 3.44. The fraction of sp³-hybridized carbons (Fsp3) is 0.417. The molecule has 17 heavy (non-hydrogen) atoms. The molecule has 0 heterocycles. The number of halogens is 1. The molecule has 5 heteroatoms. The van der Waals surface area contributed by atoms with Gasteiger partial charge in [0.1, 0.15) is 5.84 Å². The number of hydrogen-bond donors (Lipinski definition) is 3. The van der Waals surface area contributed by atoms with Crippen LogP contribution in [0.15, 0.2) is 33.9 Å². The minimum atomic E-state index is 0.179. The van der Waals surface area contributed by atoms with Gasteiger partial charge in [0.05, 0.1) is 0 Å². The van der Waals surface area contributed by atoms with Crippen LogP contribution in [0.2, 0.25) is 0 Å². The summed E-state index contributed by atoms with van der Waals surface area (Å²) in [5.41, 5.74) is 6.82. The van der Waals surface area contributed by atoms with Crippen LogP contribution in [0.3, 0.4) is 0 Å². The summed E-state index contributed by atoms with van der Waals surface area (Å²) in [4.78, 5) is 0. The van der Waals surface area contributed by atoms with E-state index in [2.05, 4.69) is 26.4 Å². The van der Waals surface area contributed by atoms with E-state index in [0.717, 1.165) is 29.5 Å². The van der Waals surface area contributed by atoms with Crippen molar-refractivity contribution < 1.29 is 5.21 Å². The molecule has 1 aromatic rings. The lowest BCUT2D eigenvalue weighted by Gasteiger charge is -2.16. The molecule has 4 nitrogen and oxygen atoms in total. The summed E-state index contributed by atoms with van der Waals surface area (Å²) in [5.74, 6) is 0.318. The molecule has 0 atom stereocenters. The third kappa shape index (κ3) is 3.36. The smallest absolute Gasteiger partial charge is 0.139 e. The molecule has 0 unspecified atom stereocenters. The van der Waals surface area contributed by atoms with Crippen LogP contribution in [0.5, 0.6) is 0 Å². The number of hydrogen-bond acceptors (Lipinski definition) is 3. The number of nitrogens with zero attached hydrogens (tertiary/aromatic N) is 1. The minimum absolute atomic E-state index is 0.179. The predicted molar refractivity (Wildman–Crippen MR) is 72.3 cm³/mol. The van der Waals surface area contributed by atoms with Gasteiger partial charge < -0.3 is 16.3 Å². The van der Waals surface area contributed by atoms with Crippen molar-refractivity contribution in [3.63, 3.8) is 0 Å². The number of nitrogens with one attached hydrogen (secondary N) is 1. The minimum Gasteiger partial charge on any atom is -0.409 e. The van der Waals surface area contributed by atoms with Gasteiger partial charge in [-0.1, -0.05) is 27.2 Å². The fourth-order valence-electron chi connectivity index (χ4n) is 1.90. The Balaban J connectivity index is 1.90. The average Bonchev–Trinajstić information content (AvgIpc) is 3.07. The lowest BCUT2D eigenvalue weighted by molar-refractivity contribution is 0.315. The first kappa shape index (κ1) is 12.2. The monoisotopic (exact) mass is 297 g/mol. The Labute approximate surface area is 109 Å². The quantitative estimate of drug-likeness (QED) is 0.339. The molecule has 0 aromatic heterocycles. The molecular weight excluding hydrogens is 282 g/mol. The summed E-state index contributed by atoms with van der Waals surface area (Å²) in [6.07, 6.45) is 2.92. The van der Waals surface area contributed by atoms with Crippen molar-refractivity contribution in [2.45, 2.75) is 19.3 Å². The van der Waals surface area contributed by atoms with Gasteiger partial charge in [-0.3, -0.25) is 0 Å². The summed E-state index contributed by atoms with van der Waals surface area (Å²) in [6.45, 7) is 0.861. The zero-order valence-corrected chi connectivity index (χ0v) is 11.1. The van der Waals surface area contributed by atoms with Crippen LogP contribution < -0.4 is 11.1 Å². The Morgan fingerprint density at radius 1 is 1.53 bits per heavy atom. The highest BCUT2D eigenvalue weighted by atomic mass is 79.9. The summed E-state index contributed by atoms with van der Waals surface area (Å²) in [7, 11) is 0. The first-order valence-electron chi connectivity index (χ1n) is 5.59. The molecule has 4 N–H and O–H groups in total. The van der Waals surface area contributed by atoms with E-state index in [-0.39, 0.29) is 5.41 Å². The molecule has 1 saturated carbocycles. The molecule has 0 saturated heterocycles. The van der Waals surface area contributed by atoms with Gasteiger partial charge in [-0.05, 0) is 36.5 Å². The van der Waals surface area contributed by atoms with Crippen LogP contribution >= 0.6 is 15.9 Å². The van der Waals surface area contributed by atoms with E-state index in [9.17, 15) is 0 Å². The number of oxime groups is 1. The van der Waals surface area contributed by atoms with E-state index in [1.165, 1.54) is 0 Å². The Hall–Kier alpha value is -1.23. The normalized spacial score (nSPS) is 17.8. The molecule has 2 rings (SSSR count). The summed E-state index contributed by atoms with van der Waals surface area (Å²) in [5, 5.41) is 15.0. The second-order valence-corrected chi connectivity index (χ2v) is 5.55. The lowest BCUT2D eigenvalue weighted by Crippen LogP contribution is -2.23. The van der Waals surface area contributed by atoms with Crippen molar-refractivity contribution in [2.75, 3.05) is 11.9 Å². The maximum Gasteiger partial charge on any atom is 0.139 e. The van der Waals surface area contributed by atoms with Crippen molar-refractivity contribution in [1.29, 1.82) is 0 Å². The zero-order valence-electron chi connectivity index (χ0n) is 9.49. The van der Waals surface area contributed by atoms with Crippen molar-refractivity contribution in [1.82, 2.24) is 0 Å².